The molecular weight excluding hydrogens is 473 g/mol. The minimum absolute atomic E-state index is 0.187. The molecule has 1 amide bonds. The van der Waals surface area contributed by atoms with Crippen LogP contribution in [0.5, 0.6) is 0 Å². The number of para-hydroxylation sites is 1. The highest BCUT2D eigenvalue weighted by Crippen LogP contribution is 2.22. The molecule has 0 unspecified atom stereocenters. The Bertz CT molecular complexity index is 1070. The Morgan fingerprint density at radius 2 is 1.85 bits per heavy atom. The summed E-state index contributed by atoms with van der Waals surface area (Å²) in [6.45, 7) is 0.738. The van der Waals surface area contributed by atoms with Gasteiger partial charge in [-0.2, -0.15) is 0 Å². The molecule has 0 aliphatic rings. The summed E-state index contributed by atoms with van der Waals surface area (Å²) >= 11 is 3.53. The van der Waals surface area contributed by atoms with Crippen LogP contribution in [-0.4, -0.2) is 27.6 Å². The maximum absolute atomic E-state index is 12.2. The number of hydrogen-bond acceptors (Lipinski definition) is 5. The summed E-state index contributed by atoms with van der Waals surface area (Å²) in [5.41, 5.74) is 3.00. The highest BCUT2D eigenvalue weighted by molar-refractivity contribution is 14.1. The fourth-order valence-electron chi connectivity index (χ4n) is 2.76. The maximum atomic E-state index is 12.2. The van der Waals surface area contributed by atoms with Crippen LogP contribution in [0.1, 0.15) is 15.9 Å². The normalized spacial score (nSPS) is 10.9. The van der Waals surface area contributed by atoms with Crippen LogP contribution in [0.2, 0.25) is 0 Å². The zero-order valence-corrected chi connectivity index (χ0v) is 17.2. The smallest absolute Gasteiger partial charge is 0.257 e. The number of hydrogen-bond donors (Lipinski definition) is 3. The molecule has 8 heteroatoms. The van der Waals surface area contributed by atoms with E-state index in [1.165, 1.54) is 22.3 Å². The number of halogens is 1. The van der Waals surface area contributed by atoms with Gasteiger partial charge in [0.05, 0.1) is 0 Å². The molecule has 0 bridgehead atoms. The second-order valence-corrected chi connectivity index (χ2v) is 8.13. The molecule has 2 aromatic heterocycles. The minimum atomic E-state index is -0.187. The molecule has 0 radical (unpaired) electrons. The molecule has 0 spiro atoms. The fraction of sp³-hybridized carbons (Fsp3) is 0.105. The van der Waals surface area contributed by atoms with Crippen LogP contribution in [0.25, 0.3) is 10.9 Å². The van der Waals surface area contributed by atoms with E-state index in [0.29, 0.717) is 15.8 Å². The van der Waals surface area contributed by atoms with Gasteiger partial charge in [0, 0.05) is 32.8 Å². The van der Waals surface area contributed by atoms with Gasteiger partial charge in [-0.1, -0.05) is 29.5 Å². The van der Waals surface area contributed by atoms with Crippen LogP contribution in [0.15, 0.2) is 54.7 Å². The van der Waals surface area contributed by atoms with Gasteiger partial charge in [-0.05, 0) is 64.9 Å². The third kappa shape index (κ3) is 4.28. The number of carbonyl (C=O) groups is 1. The Kier molecular flexibility index (Phi) is 5.35. The number of carbonyl (C=O) groups excluding carboxylic acids is 1. The van der Waals surface area contributed by atoms with Crippen molar-refractivity contribution in [2.24, 2.45) is 0 Å². The van der Waals surface area contributed by atoms with E-state index in [0.717, 1.165) is 22.1 Å². The highest BCUT2D eigenvalue weighted by Gasteiger charge is 2.10. The Morgan fingerprint density at radius 1 is 1.07 bits per heavy atom. The van der Waals surface area contributed by atoms with Crippen LogP contribution < -0.4 is 10.6 Å². The number of amides is 1. The second kappa shape index (κ2) is 8.05. The summed E-state index contributed by atoms with van der Waals surface area (Å²) in [4.78, 5) is 15.5. The van der Waals surface area contributed by atoms with Crippen molar-refractivity contribution in [3.8, 4) is 0 Å². The van der Waals surface area contributed by atoms with E-state index in [1.807, 2.05) is 30.5 Å². The number of aromatic nitrogens is 3. The van der Waals surface area contributed by atoms with Crippen molar-refractivity contribution in [2.75, 3.05) is 17.2 Å². The van der Waals surface area contributed by atoms with Gasteiger partial charge in [-0.15, -0.1) is 10.2 Å². The maximum Gasteiger partial charge on any atom is 0.257 e. The van der Waals surface area contributed by atoms with Crippen LogP contribution in [-0.2, 0) is 6.42 Å². The zero-order valence-electron chi connectivity index (χ0n) is 14.2. The summed E-state index contributed by atoms with van der Waals surface area (Å²) in [7, 11) is 0. The lowest BCUT2D eigenvalue weighted by Crippen LogP contribution is -2.11. The minimum Gasteiger partial charge on any atom is -0.361 e. The first-order valence-corrected chi connectivity index (χ1v) is 10.3. The van der Waals surface area contributed by atoms with E-state index in [-0.39, 0.29) is 5.91 Å². The molecule has 0 atom stereocenters. The lowest BCUT2D eigenvalue weighted by Gasteiger charge is -2.02. The predicted molar refractivity (Wildman–Crippen MR) is 118 cm³/mol. The van der Waals surface area contributed by atoms with E-state index in [9.17, 15) is 4.79 Å². The van der Waals surface area contributed by atoms with E-state index in [2.05, 4.69) is 60.5 Å². The van der Waals surface area contributed by atoms with Gasteiger partial charge in [0.25, 0.3) is 5.91 Å². The van der Waals surface area contributed by atoms with Crippen LogP contribution in [0.4, 0.5) is 10.3 Å². The fourth-order valence-corrected chi connectivity index (χ4v) is 3.78. The summed E-state index contributed by atoms with van der Waals surface area (Å²) < 4.78 is 1.08. The Hall–Kier alpha value is -2.46. The molecule has 0 fully saturated rings. The largest absolute Gasteiger partial charge is 0.361 e. The van der Waals surface area contributed by atoms with Gasteiger partial charge in [0.1, 0.15) is 0 Å². The quantitative estimate of drug-likeness (QED) is 0.348. The van der Waals surface area contributed by atoms with Crippen LogP contribution in [0.3, 0.4) is 0 Å². The van der Waals surface area contributed by atoms with Gasteiger partial charge < -0.3 is 10.3 Å². The molecule has 0 aliphatic carbocycles. The van der Waals surface area contributed by atoms with Crippen molar-refractivity contribution >= 4 is 61.0 Å². The number of aromatic amines is 1. The van der Waals surface area contributed by atoms with Gasteiger partial charge in [0.15, 0.2) is 0 Å². The summed E-state index contributed by atoms with van der Waals surface area (Å²) in [5.74, 6) is -0.187. The standard InChI is InChI=1S/C19H16IN5OS/c20-14-7-5-12(6-8-14)17(26)23-19-25-24-18(27-19)21-10-9-13-11-22-16-4-2-1-3-15(13)16/h1-8,11,22H,9-10H2,(H,21,24)(H,23,25,26). The lowest BCUT2D eigenvalue weighted by molar-refractivity contribution is 0.102. The molecule has 0 saturated carbocycles. The van der Waals surface area contributed by atoms with Crippen LogP contribution >= 0.6 is 33.9 Å². The number of rotatable bonds is 6. The van der Waals surface area contributed by atoms with Gasteiger partial charge >= 0.3 is 0 Å². The van der Waals surface area contributed by atoms with Crippen molar-refractivity contribution in [2.45, 2.75) is 6.42 Å². The molecule has 136 valence electrons. The molecule has 27 heavy (non-hydrogen) atoms. The molecule has 4 aromatic rings. The number of anilines is 2. The van der Waals surface area contributed by atoms with E-state index < -0.39 is 0 Å². The molecule has 6 nitrogen and oxygen atoms in total. The van der Waals surface area contributed by atoms with Crippen molar-refractivity contribution in [1.29, 1.82) is 0 Å². The Labute approximate surface area is 173 Å². The van der Waals surface area contributed by atoms with Crippen molar-refractivity contribution in [3.05, 3.63) is 69.4 Å². The SMILES string of the molecule is O=C(Nc1nnc(NCCc2c[nH]c3ccccc23)s1)c1ccc(I)cc1. The zero-order chi connectivity index (χ0) is 18.6. The first-order valence-electron chi connectivity index (χ1n) is 8.38. The second-order valence-electron chi connectivity index (χ2n) is 5.91. The number of nitrogens with zero attached hydrogens (tertiary/aromatic N) is 2. The Balaban J connectivity index is 1.33. The van der Waals surface area contributed by atoms with Gasteiger partial charge in [-0.25, -0.2) is 0 Å². The molecule has 2 aromatic carbocycles. The van der Waals surface area contributed by atoms with Gasteiger partial charge in [0.2, 0.25) is 10.3 Å². The third-order valence-electron chi connectivity index (χ3n) is 4.10. The number of H-pyrrole nitrogens is 1. The average Bonchev–Trinajstić information content (AvgIpc) is 3.29. The number of fused-ring (bicyclic) bond motifs is 1. The van der Waals surface area contributed by atoms with E-state index >= 15 is 0 Å². The molecular formula is C19H16IN5OS. The van der Waals surface area contributed by atoms with Crippen molar-refractivity contribution < 1.29 is 4.79 Å². The van der Waals surface area contributed by atoms with Crippen molar-refractivity contribution in [1.82, 2.24) is 15.2 Å². The third-order valence-corrected chi connectivity index (χ3v) is 5.61. The lowest BCUT2D eigenvalue weighted by atomic mass is 10.1. The van der Waals surface area contributed by atoms with Crippen LogP contribution in [0, 0.1) is 3.57 Å². The monoisotopic (exact) mass is 489 g/mol. The first kappa shape index (κ1) is 17.9. The molecule has 2 heterocycles. The topological polar surface area (TPSA) is 82.7 Å². The van der Waals surface area contributed by atoms with Crippen molar-refractivity contribution in [3.63, 3.8) is 0 Å². The van der Waals surface area contributed by atoms with Gasteiger partial charge in [-0.3, -0.25) is 10.1 Å². The molecule has 4 rings (SSSR count). The summed E-state index contributed by atoms with van der Waals surface area (Å²) in [6.07, 6.45) is 2.91. The highest BCUT2D eigenvalue weighted by atomic mass is 127. The molecule has 0 saturated heterocycles. The van der Waals surface area contributed by atoms with E-state index in [1.54, 1.807) is 12.1 Å². The predicted octanol–water partition coefficient (Wildman–Crippen LogP) is 4.53. The first-order chi connectivity index (χ1) is 13.2. The molecule has 3 N–H and O–H groups in total. The average molecular weight is 489 g/mol. The number of benzene rings is 2. The number of nitrogens with one attached hydrogen (secondary N) is 3. The summed E-state index contributed by atoms with van der Waals surface area (Å²) in [5, 5.41) is 16.6. The summed E-state index contributed by atoms with van der Waals surface area (Å²) in [6, 6.07) is 15.6. The molecule has 0 aliphatic heterocycles. The van der Waals surface area contributed by atoms with E-state index in [4.69, 9.17) is 0 Å². The Morgan fingerprint density at radius 3 is 2.70 bits per heavy atom.